The van der Waals surface area contributed by atoms with Crippen LogP contribution in [-0.2, 0) is 26.2 Å². The van der Waals surface area contributed by atoms with Gasteiger partial charge in [-0.05, 0) is 184 Å². The van der Waals surface area contributed by atoms with Crippen LogP contribution in [-0.4, -0.2) is 80.0 Å². The zero-order valence-corrected chi connectivity index (χ0v) is 52.9. The molecule has 10 aliphatic rings. The van der Waals surface area contributed by atoms with E-state index in [-0.39, 0.29) is 56.4 Å². The van der Waals surface area contributed by atoms with Crippen molar-refractivity contribution in [2.45, 2.75) is 184 Å². The highest BCUT2D eigenvalue weighted by atomic mass is 16.5. The van der Waals surface area contributed by atoms with E-state index in [9.17, 15) is 4.79 Å². The van der Waals surface area contributed by atoms with Crippen molar-refractivity contribution in [2.24, 2.45) is 50.2 Å². The first-order valence-electron chi connectivity index (χ1n) is 32.4. The molecule has 2 amide bonds. The molecule has 1 saturated heterocycles. The molecule has 0 unspecified atom stereocenters. The maximum absolute atomic E-state index is 16.0. The van der Waals surface area contributed by atoms with E-state index in [1.807, 2.05) is 12.1 Å². The second-order valence-electron chi connectivity index (χ2n) is 29.7. The van der Waals surface area contributed by atoms with E-state index < -0.39 is 5.41 Å². The summed E-state index contributed by atoms with van der Waals surface area (Å²) in [6, 6.07) is 23.7. The number of rotatable bonds is 7. The van der Waals surface area contributed by atoms with Crippen LogP contribution >= 0.6 is 0 Å². The lowest BCUT2D eigenvalue weighted by Crippen LogP contribution is -2.65. The van der Waals surface area contributed by atoms with Gasteiger partial charge in [0.25, 0.3) is 5.91 Å². The molecular formula is C74H97N4O5+. The summed E-state index contributed by atoms with van der Waals surface area (Å²) in [5, 5.41) is 1.13. The van der Waals surface area contributed by atoms with E-state index in [1.54, 1.807) is 12.5 Å². The van der Waals surface area contributed by atoms with E-state index in [2.05, 4.69) is 175 Å². The van der Waals surface area contributed by atoms with Crippen LogP contribution < -0.4 is 14.8 Å². The number of benzene rings is 3. The minimum Gasteiger partial charge on any atom is -0.462 e. The molecule has 7 aliphatic carbocycles. The van der Waals surface area contributed by atoms with Crippen LogP contribution in [0.15, 0.2) is 101 Å². The Labute approximate surface area is 497 Å². The molecular weight excluding hydrogens is 1020 g/mol. The zero-order valence-electron chi connectivity index (χ0n) is 52.9. The van der Waals surface area contributed by atoms with Crippen LogP contribution in [0.2, 0.25) is 0 Å². The quantitative estimate of drug-likeness (QED) is 0.104. The van der Waals surface area contributed by atoms with Crippen molar-refractivity contribution < 1.29 is 23.5 Å². The summed E-state index contributed by atoms with van der Waals surface area (Å²) in [5.74, 6) is 3.17. The van der Waals surface area contributed by atoms with Gasteiger partial charge in [-0.2, -0.15) is 0 Å². The first kappa shape index (κ1) is 57.7. The molecule has 83 heavy (non-hydrogen) atoms. The van der Waals surface area contributed by atoms with Gasteiger partial charge in [0.2, 0.25) is 11.3 Å². The third-order valence-electron chi connectivity index (χ3n) is 24.5. The van der Waals surface area contributed by atoms with Crippen molar-refractivity contribution in [3.05, 3.63) is 124 Å². The van der Waals surface area contributed by atoms with Crippen molar-refractivity contribution in [1.82, 2.24) is 14.4 Å². The molecule has 9 heteroatoms. The van der Waals surface area contributed by atoms with Gasteiger partial charge in [-0.1, -0.05) is 116 Å². The predicted octanol–water partition coefficient (Wildman–Crippen LogP) is 15.3. The molecule has 442 valence electrons. The number of carbonyl (C=O) groups excluding carboxylic acids is 3. The average Bonchev–Trinajstić information content (AvgIpc) is 1.28. The Morgan fingerprint density at radius 3 is 2.23 bits per heavy atom. The highest BCUT2D eigenvalue weighted by molar-refractivity contribution is 6.04. The lowest BCUT2D eigenvalue weighted by atomic mass is 9.33. The van der Waals surface area contributed by atoms with Crippen LogP contribution in [0, 0.1) is 50.2 Å². The molecule has 0 aromatic heterocycles. The van der Waals surface area contributed by atoms with Gasteiger partial charge in [-0.3, -0.25) is 14.4 Å². The minimum absolute atomic E-state index is 0.00454. The fourth-order valence-corrected chi connectivity index (χ4v) is 19.8. The summed E-state index contributed by atoms with van der Waals surface area (Å²) in [6.45, 7) is 32.2. The van der Waals surface area contributed by atoms with Gasteiger partial charge in [0.15, 0.2) is 0 Å². The van der Waals surface area contributed by atoms with Crippen LogP contribution in [0.1, 0.15) is 194 Å². The van der Waals surface area contributed by atoms with E-state index in [4.69, 9.17) is 9.15 Å². The molecule has 3 aliphatic heterocycles. The molecule has 4 saturated carbocycles. The Bertz CT molecular complexity index is 3400. The first-order chi connectivity index (χ1) is 39.4. The molecule has 0 spiro atoms. The molecule has 2 aromatic rings. The van der Waals surface area contributed by atoms with Crippen molar-refractivity contribution in [1.29, 1.82) is 0 Å². The second kappa shape index (κ2) is 20.8. The number of para-hydroxylation sites is 1. The van der Waals surface area contributed by atoms with Crippen molar-refractivity contribution in [3.63, 3.8) is 0 Å². The van der Waals surface area contributed by atoms with Crippen LogP contribution in [0.25, 0.3) is 28.0 Å². The molecule has 12 rings (SSSR count). The van der Waals surface area contributed by atoms with E-state index >= 15 is 9.59 Å². The molecule has 0 bridgehead atoms. The van der Waals surface area contributed by atoms with Gasteiger partial charge >= 0.3 is 5.97 Å². The smallest absolute Gasteiger partial charge is 0.302 e. The number of amides is 2. The van der Waals surface area contributed by atoms with Crippen molar-refractivity contribution in [2.75, 3.05) is 51.2 Å². The fraction of sp³-hybridized carbons (Fsp3) is 0.595. The summed E-state index contributed by atoms with van der Waals surface area (Å²) in [5.41, 5.74) is 11.2. The Kier molecular flexibility index (Phi) is 14.4. The van der Waals surface area contributed by atoms with Gasteiger partial charge in [-0.25, -0.2) is 4.58 Å². The van der Waals surface area contributed by atoms with Gasteiger partial charge in [0.05, 0.1) is 11.5 Å². The molecule has 2 aromatic carbocycles. The highest BCUT2D eigenvalue weighted by Gasteiger charge is 2.70. The van der Waals surface area contributed by atoms with Crippen molar-refractivity contribution >= 4 is 29.0 Å². The number of fused-ring (bicyclic) bond motifs is 10. The number of carbonyl (C=O) groups is 3. The third-order valence-corrected chi connectivity index (χ3v) is 24.5. The standard InChI is InChI=1S/C74H97N4O5/c1-14-76(15-2)50-29-30-53-59(46-50)83-65-49(28-33-62-69(6,7)56-26-18-19-27-58(56)75(62)13)22-20-25-54(65)64(53)51-23-16-17-24-52(51)66(80)77-42-21-43-78(45-44-77)67(81)74-40-38-68(4,5)47-57(74)55-31-32-61-71(10)36-35-63(82-48(3)79)70(8,9)60(71)34-37-73(61,12)72(55,11)39-41-74/h16-19,23-24,26-31,33,46,57,60-61,63H,14-15,20-22,25,32,34-45,47H2,1-13H3/q+1/t57-,60-,61+,63-,71-,72+,73+,74-/m0/s1. The zero-order chi connectivity index (χ0) is 58.8. The topological polar surface area (TPSA) is 86.3 Å². The Hall–Kier alpha value is -5.70. The van der Waals surface area contributed by atoms with Crippen LogP contribution in [0.5, 0.6) is 0 Å². The number of likely N-dealkylation sites (N-methyl/N-ethyl adjacent to an activating group) is 1. The number of anilines is 1. The fourth-order valence-electron chi connectivity index (χ4n) is 19.8. The molecule has 5 fully saturated rings. The lowest BCUT2D eigenvalue weighted by Gasteiger charge is -2.71. The van der Waals surface area contributed by atoms with Gasteiger partial charge < -0.3 is 23.9 Å². The second-order valence-corrected chi connectivity index (χ2v) is 29.7. The van der Waals surface area contributed by atoms with E-state index in [0.29, 0.717) is 49.5 Å². The third kappa shape index (κ3) is 9.00. The van der Waals surface area contributed by atoms with Crippen LogP contribution in [0.4, 0.5) is 5.69 Å². The molecule has 8 atom stereocenters. The summed E-state index contributed by atoms with van der Waals surface area (Å²) < 4.78 is 15.6. The normalized spacial score (nSPS) is 32.3. The average molecular weight is 1120 g/mol. The van der Waals surface area contributed by atoms with E-state index in [1.165, 1.54) is 28.1 Å². The molecule has 0 radical (unpaired) electrons. The minimum atomic E-state index is -0.442. The summed E-state index contributed by atoms with van der Waals surface area (Å²) >= 11 is 0. The van der Waals surface area contributed by atoms with Crippen molar-refractivity contribution in [3.8, 4) is 22.5 Å². The number of esters is 1. The Morgan fingerprint density at radius 2 is 1.47 bits per heavy atom. The van der Waals surface area contributed by atoms with Gasteiger partial charge in [0, 0.05) is 90.7 Å². The lowest BCUT2D eigenvalue weighted by molar-refractivity contribution is -0.212. The highest BCUT2D eigenvalue weighted by Crippen LogP contribution is 2.76. The van der Waals surface area contributed by atoms with Gasteiger partial charge in [-0.15, -0.1) is 0 Å². The van der Waals surface area contributed by atoms with Gasteiger partial charge in [0.1, 0.15) is 30.7 Å². The SMILES string of the molecule is CC[N+](CC)=c1ccc2c(-c3ccccc3C(=O)N3CCCN(C(=O)[C@]45CCC(C)(C)C[C@H]4C4=CC[C@@H]6[C@@]7(C)CC[C@H](OC(C)=O)C(C)(C)[C@@H]7CC[C@@]6(C)[C@]4(C)CC5)CC3)c3c(oc-2c1)/C(=C/C=C1/N(C)c2ccccc2C1(C)C)CCC3. The Balaban J connectivity index is 0.845. The Morgan fingerprint density at radius 1 is 0.747 bits per heavy atom. The predicted molar refractivity (Wildman–Crippen MR) is 336 cm³/mol. The maximum Gasteiger partial charge on any atom is 0.302 e. The molecule has 9 nitrogen and oxygen atoms in total. The van der Waals surface area contributed by atoms with Crippen LogP contribution in [0.3, 0.4) is 0 Å². The number of ether oxygens (including phenoxy) is 1. The number of nitrogens with zero attached hydrogens (tertiary/aromatic N) is 4. The van der Waals surface area contributed by atoms with E-state index in [0.717, 1.165) is 137 Å². The first-order valence-corrected chi connectivity index (χ1v) is 32.4. The summed E-state index contributed by atoms with van der Waals surface area (Å²) in [4.78, 5) is 50.4. The number of allylic oxidation sites excluding steroid dienone is 6. The number of hydrogen-bond donors (Lipinski definition) is 0. The largest absolute Gasteiger partial charge is 0.462 e. The molecule has 3 heterocycles. The maximum atomic E-state index is 16.0. The summed E-state index contributed by atoms with van der Waals surface area (Å²) in [6.07, 6.45) is 21.1. The monoisotopic (exact) mass is 1120 g/mol. The number of hydrogen-bond acceptors (Lipinski definition) is 6. The molecule has 0 N–H and O–H groups in total. The summed E-state index contributed by atoms with van der Waals surface area (Å²) in [7, 11) is 2.18.